The van der Waals surface area contributed by atoms with Crippen molar-refractivity contribution in [2.75, 3.05) is 4.72 Å². The number of nitrogens with one attached hydrogen (secondary N) is 4. The Kier molecular flexibility index (Phi) is 6.28. The van der Waals surface area contributed by atoms with E-state index in [1.165, 1.54) is 18.2 Å². The molecule has 0 aliphatic rings. The summed E-state index contributed by atoms with van der Waals surface area (Å²) in [4.78, 5) is 27.1. The maximum absolute atomic E-state index is 12.8. The summed E-state index contributed by atoms with van der Waals surface area (Å²) in [7, 11) is -3.92. The van der Waals surface area contributed by atoms with E-state index in [9.17, 15) is 18.0 Å². The minimum atomic E-state index is -3.92. The van der Waals surface area contributed by atoms with Crippen molar-refractivity contribution in [2.45, 2.75) is 18.7 Å². The molecule has 3 rings (SSSR count). The van der Waals surface area contributed by atoms with Gasteiger partial charge in [-0.25, -0.2) is 8.42 Å². The summed E-state index contributed by atoms with van der Waals surface area (Å²) < 4.78 is 28.9. The summed E-state index contributed by atoms with van der Waals surface area (Å²) in [5.41, 5.74) is 6.69. The lowest BCUT2D eigenvalue weighted by atomic mass is 10.1. The predicted molar refractivity (Wildman–Crippen MR) is 117 cm³/mol. The van der Waals surface area contributed by atoms with Crippen LogP contribution in [-0.4, -0.2) is 25.2 Å². The molecule has 0 saturated carbocycles. The molecule has 0 unspecified atom stereocenters. The number of aromatic nitrogens is 1. The van der Waals surface area contributed by atoms with Gasteiger partial charge in [-0.1, -0.05) is 18.2 Å². The van der Waals surface area contributed by atoms with Gasteiger partial charge >= 0.3 is 0 Å². The number of hydrazine groups is 1. The van der Waals surface area contributed by atoms with Gasteiger partial charge in [-0.2, -0.15) is 0 Å². The number of sulfonamides is 1. The van der Waals surface area contributed by atoms with Crippen LogP contribution in [0.5, 0.6) is 0 Å². The maximum atomic E-state index is 12.8. The molecule has 156 valence electrons. The van der Waals surface area contributed by atoms with Gasteiger partial charge in [0.2, 0.25) is 0 Å². The third-order valence-electron chi connectivity index (χ3n) is 4.19. The Labute approximate surface area is 182 Å². The normalized spacial score (nSPS) is 11.0. The number of halogens is 1. The lowest BCUT2D eigenvalue weighted by Crippen LogP contribution is -2.41. The molecule has 2 aromatic carbocycles. The van der Waals surface area contributed by atoms with Crippen LogP contribution in [0.15, 0.2) is 64.1 Å². The molecule has 8 nitrogen and oxygen atoms in total. The number of H-pyrrole nitrogens is 1. The van der Waals surface area contributed by atoms with Gasteiger partial charge < -0.3 is 4.98 Å². The number of carbonyl (C=O) groups is 2. The largest absolute Gasteiger partial charge is 0.356 e. The minimum Gasteiger partial charge on any atom is -0.356 e. The number of carbonyl (C=O) groups excluding carboxylic acids is 2. The van der Waals surface area contributed by atoms with Crippen LogP contribution in [0.25, 0.3) is 0 Å². The molecule has 0 bridgehead atoms. The molecule has 0 radical (unpaired) electrons. The van der Waals surface area contributed by atoms with E-state index in [0.29, 0.717) is 15.7 Å². The topological polar surface area (TPSA) is 120 Å². The van der Waals surface area contributed by atoms with E-state index < -0.39 is 21.8 Å². The first-order valence-corrected chi connectivity index (χ1v) is 11.1. The van der Waals surface area contributed by atoms with Crippen molar-refractivity contribution in [3.63, 3.8) is 0 Å². The van der Waals surface area contributed by atoms with E-state index in [2.05, 4.69) is 36.5 Å². The summed E-state index contributed by atoms with van der Waals surface area (Å²) in [6, 6.07) is 12.8. The molecule has 10 heteroatoms. The highest BCUT2D eigenvalue weighted by molar-refractivity contribution is 9.10. The summed E-state index contributed by atoms with van der Waals surface area (Å²) in [5.74, 6) is -1.20. The SMILES string of the molecule is Cc1cccc(NS(=O)(=O)c2cc(C(=O)NNC(=O)c3cc(Br)c[nH]3)ccc2C)c1. The highest BCUT2D eigenvalue weighted by atomic mass is 79.9. The fraction of sp³-hybridized carbons (Fsp3) is 0.100. The molecule has 0 aliphatic carbocycles. The van der Waals surface area contributed by atoms with Gasteiger partial charge in [-0.05, 0) is 71.2 Å². The second-order valence-corrected chi connectivity index (χ2v) is 9.16. The van der Waals surface area contributed by atoms with Crippen molar-refractivity contribution < 1.29 is 18.0 Å². The second kappa shape index (κ2) is 8.72. The van der Waals surface area contributed by atoms with E-state index in [4.69, 9.17) is 0 Å². The molecule has 3 aromatic rings. The lowest BCUT2D eigenvalue weighted by molar-refractivity contribution is 0.0844. The first-order chi connectivity index (χ1) is 14.2. The number of rotatable bonds is 5. The average Bonchev–Trinajstić information content (AvgIpc) is 3.12. The zero-order valence-corrected chi connectivity index (χ0v) is 18.5. The lowest BCUT2D eigenvalue weighted by Gasteiger charge is -2.13. The first-order valence-electron chi connectivity index (χ1n) is 8.80. The van der Waals surface area contributed by atoms with Crippen LogP contribution < -0.4 is 15.6 Å². The smallest absolute Gasteiger partial charge is 0.286 e. The molecule has 0 atom stereocenters. The molecule has 2 amide bonds. The summed E-state index contributed by atoms with van der Waals surface area (Å²) in [6.45, 7) is 3.49. The fourth-order valence-electron chi connectivity index (χ4n) is 2.70. The van der Waals surface area contributed by atoms with Crippen LogP contribution in [0.1, 0.15) is 32.0 Å². The van der Waals surface area contributed by atoms with Gasteiger partial charge in [0.1, 0.15) is 5.69 Å². The Morgan fingerprint density at radius 3 is 2.37 bits per heavy atom. The van der Waals surface area contributed by atoms with E-state index >= 15 is 0 Å². The Morgan fingerprint density at radius 1 is 0.967 bits per heavy atom. The van der Waals surface area contributed by atoms with Crippen molar-refractivity contribution in [3.05, 3.63) is 81.6 Å². The Balaban J connectivity index is 1.76. The molecule has 30 heavy (non-hydrogen) atoms. The van der Waals surface area contributed by atoms with Gasteiger partial charge in [0, 0.05) is 21.9 Å². The van der Waals surface area contributed by atoms with Crippen LogP contribution in [0.3, 0.4) is 0 Å². The first kappa shape index (κ1) is 21.6. The van der Waals surface area contributed by atoms with E-state index in [1.54, 1.807) is 37.4 Å². The number of amides is 2. The molecule has 0 aliphatic heterocycles. The van der Waals surface area contributed by atoms with Crippen LogP contribution >= 0.6 is 15.9 Å². The number of anilines is 1. The van der Waals surface area contributed by atoms with Gasteiger partial charge in [-0.15, -0.1) is 0 Å². The monoisotopic (exact) mass is 490 g/mol. The number of hydrogen-bond acceptors (Lipinski definition) is 4. The van der Waals surface area contributed by atoms with Crippen molar-refractivity contribution in [1.82, 2.24) is 15.8 Å². The van der Waals surface area contributed by atoms with Crippen LogP contribution in [-0.2, 0) is 10.0 Å². The molecule has 0 spiro atoms. The highest BCUT2D eigenvalue weighted by Crippen LogP contribution is 2.21. The van der Waals surface area contributed by atoms with Crippen molar-refractivity contribution in [1.29, 1.82) is 0 Å². The summed E-state index contributed by atoms with van der Waals surface area (Å²) in [5, 5.41) is 0. The zero-order chi connectivity index (χ0) is 21.9. The fourth-order valence-corrected chi connectivity index (χ4v) is 4.37. The Hall–Kier alpha value is -3.11. The van der Waals surface area contributed by atoms with Crippen LogP contribution in [0.4, 0.5) is 5.69 Å². The van der Waals surface area contributed by atoms with Gasteiger partial charge in [-0.3, -0.25) is 25.2 Å². The Morgan fingerprint density at radius 2 is 1.70 bits per heavy atom. The van der Waals surface area contributed by atoms with Gasteiger partial charge in [0.05, 0.1) is 4.90 Å². The maximum Gasteiger partial charge on any atom is 0.286 e. The highest BCUT2D eigenvalue weighted by Gasteiger charge is 2.20. The number of aryl methyl sites for hydroxylation is 2. The third-order valence-corrected chi connectivity index (χ3v) is 6.17. The van der Waals surface area contributed by atoms with E-state index in [0.717, 1.165) is 5.56 Å². The molecular weight excluding hydrogens is 472 g/mol. The van der Waals surface area contributed by atoms with E-state index in [1.807, 2.05) is 13.0 Å². The molecule has 0 saturated heterocycles. The van der Waals surface area contributed by atoms with Crippen molar-refractivity contribution in [2.24, 2.45) is 0 Å². The molecular formula is C20H19BrN4O4S. The standard InChI is InChI=1S/C20H19BrN4O4S/c1-12-4-3-5-16(8-12)25-30(28,29)18-9-14(7-6-13(18)2)19(26)23-24-20(27)17-10-15(21)11-22-17/h3-11,22,25H,1-2H3,(H,23,26)(H,24,27). The molecule has 1 heterocycles. The number of hydrogen-bond donors (Lipinski definition) is 4. The summed E-state index contributed by atoms with van der Waals surface area (Å²) in [6.07, 6.45) is 1.58. The zero-order valence-electron chi connectivity index (χ0n) is 16.1. The third kappa shape index (κ3) is 5.08. The summed E-state index contributed by atoms with van der Waals surface area (Å²) >= 11 is 3.22. The Bertz CT molecular complexity index is 1220. The van der Waals surface area contributed by atoms with Gasteiger partial charge in [0.15, 0.2) is 0 Å². The van der Waals surface area contributed by atoms with Crippen LogP contribution in [0, 0.1) is 13.8 Å². The van der Waals surface area contributed by atoms with Crippen molar-refractivity contribution >= 4 is 43.5 Å². The number of benzene rings is 2. The molecule has 1 aromatic heterocycles. The van der Waals surface area contributed by atoms with Gasteiger partial charge in [0.25, 0.3) is 21.8 Å². The minimum absolute atomic E-state index is 0.0312. The second-order valence-electron chi connectivity index (χ2n) is 6.60. The number of aromatic amines is 1. The molecule has 4 N–H and O–H groups in total. The van der Waals surface area contributed by atoms with Crippen molar-refractivity contribution in [3.8, 4) is 0 Å². The molecule has 0 fully saturated rings. The van der Waals surface area contributed by atoms with E-state index in [-0.39, 0.29) is 16.2 Å². The predicted octanol–water partition coefficient (Wildman–Crippen LogP) is 3.27. The van der Waals surface area contributed by atoms with Crippen LogP contribution in [0.2, 0.25) is 0 Å². The average molecular weight is 491 g/mol. The quantitative estimate of drug-likeness (QED) is 0.410.